The molecule has 0 aromatic carbocycles. The Morgan fingerprint density at radius 1 is 1.23 bits per heavy atom. The van der Waals surface area contributed by atoms with Gasteiger partial charge in [0.15, 0.2) is 14.1 Å². The summed E-state index contributed by atoms with van der Waals surface area (Å²) in [5, 5.41) is 0.0148. The number of ketones is 1. The van der Waals surface area contributed by atoms with E-state index < -0.39 is 20.5 Å². The lowest BCUT2D eigenvalue weighted by Crippen LogP contribution is -2.45. The molecule has 1 heterocycles. The van der Waals surface area contributed by atoms with E-state index in [1.54, 1.807) is 12.2 Å². The van der Waals surface area contributed by atoms with Gasteiger partial charge in [-0.25, -0.2) is 0 Å². The van der Waals surface area contributed by atoms with Crippen LogP contribution in [0.4, 0.5) is 0 Å². The average Bonchev–Trinajstić information content (AvgIpc) is 2.78. The predicted molar refractivity (Wildman–Crippen MR) is 132 cm³/mol. The first-order chi connectivity index (χ1) is 14.6. The summed E-state index contributed by atoms with van der Waals surface area (Å²) in [5.74, 6) is -0.276. The van der Waals surface area contributed by atoms with Crippen molar-refractivity contribution in [2.24, 2.45) is 0 Å². The third-order valence-corrected chi connectivity index (χ3v) is 10.3. The molecular weight excluding hydrogens is 404 g/mol. The Balaban J connectivity index is 2.90. The van der Waals surface area contributed by atoms with Crippen molar-refractivity contribution in [3.05, 3.63) is 48.6 Å². The van der Waals surface area contributed by atoms with Crippen molar-refractivity contribution >= 4 is 20.1 Å². The van der Waals surface area contributed by atoms with Crippen LogP contribution in [-0.4, -0.2) is 32.3 Å². The van der Waals surface area contributed by atoms with Gasteiger partial charge in [-0.05, 0) is 62.4 Å². The first-order valence-electron chi connectivity index (χ1n) is 11.6. The summed E-state index contributed by atoms with van der Waals surface area (Å²) >= 11 is 0. The molecule has 0 saturated carbocycles. The maximum Gasteiger partial charge on any atom is 0.306 e. The number of hydrogen-bond acceptors (Lipinski definition) is 4. The number of cyclic esters (lactones) is 1. The van der Waals surface area contributed by atoms with Crippen LogP contribution in [0.5, 0.6) is 0 Å². The van der Waals surface area contributed by atoms with E-state index in [9.17, 15) is 9.59 Å². The SMILES string of the molecule is CC/C=C\C/C=C\C[C@H](O[Si](C)(C)C(C)(C)C)C(=O)/C=C/[C@@H]1C/C=C\CCCC(=O)O1. The summed E-state index contributed by atoms with van der Waals surface area (Å²) < 4.78 is 12.0. The van der Waals surface area contributed by atoms with Crippen LogP contribution in [0.2, 0.25) is 18.1 Å². The van der Waals surface area contributed by atoms with Crippen LogP contribution in [0.25, 0.3) is 0 Å². The van der Waals surface area contributed by atoms with E-state index in [1.165, 1.54) is 0 Å². The second-order valence-corrected chi connectivity index (χ2v) is 14.3. The number of carbonyl (C=O) groups is 2. The largest absolute Gasteiger partial charge is 0.458 e. The summed E-state index contributed by atoms with van der Waals surface area (Å²) in [6, 6.07) is 0. The summed E-state index contributed by atoms with van der Waals surface area (Å²) in [6.07, 6.45) is 19.9. The molecule has 0 aromatic rings. The van der Waals surface area contributed by atoms with Gasteiger partial charge in [-0.1, -0.05) is 64.2 Å². The van der Waals surface area contributed by atoms with Gasteiger partial charge in [-0.3, -0.25) is 9.59 Å². The number of carbonyl (C=O) groups excluding carboxylic acids is 2. The Morgan fingerprint density at radius 2 is 1.94 bits per heavy atom. The molecule has 0 aliphatic carbocycles. The molecule has 0 saturated heterocycles. The van der Waals surface area contributed by atoms with Crippen molar-refractivity contribution in [2.75, 3.05) is 0 Å². The Kier molecular flexibility index (Phi) is 12.0. The fraction of sp³-hybridized carbons (Fsp3) is 0.615. The van der Waals surface area contributed by atoms with Gasteiger partial charge < -0.3 is 9.16 Å². The topological polar surface area (TPSA) is 52.6 Å². The predicted octanol–water partition coefficient (Wildman–Crippen LogP) is 6.85. The molecular formula is C26H42O4Si. The zero-order valence-corrected chi connectivity index (χ0v) is 21.4. The molecule has 0 aromatic heterocycles. The Labute approximate surface area is 190 Å². The lowest BCUT2D eigenvalue weighted by Gasteiger charge is -2.38. The van der Waals surface area contributed by atoms with Crippen LogP contribution in [0, 0.1) is 0 Å². The zero-order chi connectivity index (χ0) is 23.3. The minimum absolute atomic E-state index is 0.0148. The normalized spacial score (nSPS) is 21.1. The second kappa shape index (κ2) is 13.6. The van der Waals surface area contributed by atoms with Crippen LogP contribution in [-0.2, 0) is 18.8 Å². The van der Waals surface area contributed by atoms with Crippen molar-refractivity contribution in [3.8, 4) is 0 Å². The summed E-state index contributed by atoms with van der Waals surface area (Å²) in [6.45, 7) is 13.0. The molecule has 0 amide bonds. The number of allylic oxidation sites excluding steroid dienone is 4. The van der Waals surface area contributed by atoms with E-state index in [1.807, 2.05) is 12.2 Å². The average molecular weight is 447 g/mol. The smallest absolute Gasteiger partial charge is 0.306 e. The molecule has 31 heavy (non-hydrogen) atoms. The van der Waals surface area contributed by atoms with Crippen molar-refractivity contribution in [3.63, 3.8) is 0 Å². The third-order valence-electron chi connectivity index (χ3n) is 5.80. The van der Waals surface area contributed by atoms with Gasteiger partial charge in [0, 0.05) is 12.8 Å². The number of esters is 1. The summed E-state index contributed by atoms with van der Waals surface area (Å²) in [7, 11) is -2.11. The number of rotatable bonds is 10. The van der Waals surface area contributed by atoms with Gasteiger partial charge in [0.1, 0.15) is 12.2 Å². The Hall–Kier alpha value is -1.72. The van der Waals surface area contributed by atoms with Crippen LogP contribution in [0.1, 0.15) is 72.6 Å². The van der Waals surface area contributed by atoms with E-state index in [0.29, 0.717) is 19.3 Å². The fourth-order valence-electron chi connectivity index (χ4n) is 2.83. The molecule has 1 rings (SSSR count). The quantitative estimate of drug-likeness (QED) is 0.159. The fourth-order valence-corrected chi connectivity index (χ4v) is 4.11. The molecule has 4 nitrogen and oxygen atoms in total. The highest BCUT2D eigenvalue weighted by molar-refractivity contribution is 6.74. The van der Waals surface area contributed by atoms with Crippen LogP contribution < -0.4 is 0 Å². The van der Waals surface area contributed by atoms with Gasteiger partial charge >= 0.3 is 5.97 Å². The van der Waals surface area contributed by atoms with Crippen LogP contribution >= 0.6 is 0 Å². The van der Waals surface area contributed by atoms with E-state index >= 15 is 0 Å². The highest BCUT2D eigenvalue weighted by Gasteiger charge is 2.40. The van der Waals surface area contributed by atoms with Gasteiger partial charge in [-0.2, -0.15) is 0 Å². The molecule has 0 spiro atoms. The maximum absolute atomic E-state index is 13.1. The molecule has 0 bridgehead atoms. The van der Waals surface area contributed by atoms with E-state index in [0.717, 1.165) is 25.7 Å². The monoisotopic (exact) mass is 446 g/mol. The van der Waals surface area contributed by atoms with Crippen molar-refractivity contribution in [2.45, 2.75) is 103 Å². The van der Waals surface area contributed by atoms with Gasteiger partial charge in [0.25, 0.3) is 0 Å². The summed E-state index contributed by atoms with van der Waals surface area (Å²) in [4.78, 5) is 25.0. The molecule has 5 heteroatoms. The summed E-state index contributed by atoms with van der Waals surface area (Å²) in [5.41, 5.74) is 0. The number of ether oxygens (including phenoxy) is 1. The van der Waals surface area contributed by atoms with Gasteiger partial charge in [0.2, 0.25) is 0 Å². The first kappa shape index (κ1) is 27.3. The van der Waals surface area contributed by atoms with Gasteiger partial charge in [-0.15, -0.1) is 0 Å². The molecule has 0 radical (unpaired) electrons. The zero-order valence-electron chi connectivity index (χ0n) is 20.4. The maximum atomic E-state index is 13.1. The molecule has 2 atom stereocenters. The Morgan fingerprint density at radius 3 is 2.61 bits per heavy atom. The minimum Gasteiger partial charge on any atom is -0.458 e. The van der Waals surface area contributed by atoms with Gasteiger partial charge in [0.05, 0.1) is 0 Å². The second-order valence-electron chi connectivity index (χ2n) is 9.58. The van der Waals surface area contributed by atoms with Crippen molar-refractivity contribution in [1.29, 1.82) is 0 Å². The van der Waals surface area contributed by atoms with E-state index in [-0.39, 0.29) is 16.8 Å². The van der Waals surface area contributed by atoms with Crippen LogP contribution in [0.3, 0.4) is 0 Å². The highest BCUT2D eigenvalue weighted by atomic mass is 28.4. The standard InChI is InChI=1S/C26H42O4Si/c1-7-8-9-10-11-15-18-24(30-31(5,6)26(2,3)4)23(27)21-20-22-17-14-12-13-16-19-25(28)29-22/h8-9,11-12,14-15,20-22,24H,7,10,13,16-19H2,1-6H3/b9-8-,14-12-,15-11-,21-20+/t22-,24-/m0/s1. The molecule has 0 fully saturated rings. The van der Waals surface area contributed by atoms with Crippen molar-refractivity contribution < 1.29 is 18.8 Å². The first-order valence-corrected chi connectivity index (χ1v) is 14.5. The molecule has 0 unspecified atom stereocenters. The number of hydrogen-bond donors (Lipinski definition) is 0. The lowest BCUT2D eigenvalue weighted by molar-refractivity contribution is -0.146. The molecule has 0 N–H and O–H groups in total. The molecule has 174 valence electrons. The molecule has 1 aliphatic heterocycles. The van der Waals surface area contributed by atoms with E-state index in [4.69, 9.17) is 9.16 Å². The van der Waals surface area contributed by atoms with Crippen molar-refractivity contribution in [1.82, 2.24) is 0 Å². The molecule has 1 aliphatic rings. The van der Waals surface area contributed by atoms with Crippen LogP contribution in [0.15, 0.2) is 48.6 Å². The highest BCUT2D eigenvalue weighted by Crippen LogP contribution is 2.37. The minimum atomic E-state index is -2.11. The Bertz CT molecular complexity index is 680. The third kappa shape index (κ3) is 10.9. The lowest BCUT2D eigenvalue weighted by atomic mass is 10.1. The van der Waals surface area contributed by atoms with E-state index in [2.05, 4.69) is 65.1 Å².